The largest absolute Gasteiger partial charge is 0.387 e. The van der Waals surface area contributed by atoms with Gasteiger partial charge in [-0.15, -0.1) is 0 Å². The van der Waals surface area contributed by atoms with Gasteiger partial charge in [0.1, 0.15) is 30.5 Å². The van der Waals surface area contributed by atoms with Gasteiger partial charge < -0.3 is 24.8 Å². The quantitative estimate of drug-likeness (QED) is 0.676. The van der Waals surface area contributed by atoms with Gasteiger partial charge in [0.25, 0.3) is 0 Å². The van der Waals surface area contributed by atoms with Crippen LogP contribution >= 0.6 is 0 Å². The summed E-state index contributed by atoms with van der Waals surface area (Å²) >= 11 is 0. The van der Waals surface area contributed by atoms with Gasteiger partial charge >= 0.3 is 0 Å². The van der Waals surface area contributed by atoms with E-state index in [1.807, 2.05) is 12.6 Å². The van der Waals surface area contributed by atoms with E-state index in [1.165, 1.54) is 0 Å². The van der Waals surface area contributed by atoms with Gasteiger partial charge in [-0.2, -0.15) is 0 Å². The van der Waals surface area contributed by atoms with Crippen LogP contribution in [0.5, 0.6) is 0 Å². The van der Waals surface area contributed by atoms with E-state index in [4.69, 9.17) is 9.47 Å². The number of ether oxygens (including phenoxy) is 2. The second-order valence-corrected chi connectivity index (χ2v) is 12.6. The molecular formula is C16H30O5Si. The van der Waals surface area contributed by atoms with Crippen LogP contribution in [0.2, 0.25) is 19.6 Å². The Balaban J connectivity index is 2.05. The van der Waals surface area contributed by atoms with Crippen LogP contribution in [-0.4, -0.2) is 66.1 Å². The Morgan fingerprint density at radius 3 is 2.41 bits per heavy atom. The van der Waals surface area contributed by atoms with E-state index in [0.717, 1.165) is 19.3 Å². The van der Waals surface area contributed by atoms with Crippen LogP contribution in [0.4, 0.5) is 0 Å². The smallest absolute Gasteiger partial charge is 0.116 e. The molecule has 2 aliphatic heterocycles. The van der Waals surface area contributed by atoms with Crippen molar-refractivity contribution in [3.05, 3.63) is 11.8 Å². The standard InChI is InChI=1S/C16H30O5Si/c1-5-10-6-7-12-16(20-10)14(19)13(18)15(21-12)11(17)8-9-22(2,3)4/h8-19H,5-7H2,1-4H3/t10-,11-,12-,13-,14+,15-,16-/m0/s1. The molecule has 2 heterocycles. The highest BCUT2D eigenvalue weighted by molar-refractivity contribution is 6.80. The number of hydrogen-bond acceptors (Lipinski definition) is 5. The average Bonchev–Trinajstić information content (AvgIpc) is 2.47. The fraction of sp³-hybridized carbons (Fsp3) is 0.875. The lowest BCUT2D eigenvalue weighted by atomic mass is 9.87. The molecule has 22 heavy (non-hydrogen) atoms. The molecule has 0 saturated carbocycles. The minimum atomic E-state index is -1.44. The summed E-state index contributed by atoms with van der Waals surface area (Å²) in [7, 11) is -1.44. The van der Waals surface area contributed by atoms with Crippen molar-refractivity contribution in [2.24, 2.45) is 0 Å². The SMILES string of the molecule is CC[C@H]1CC[C@@H]2O[C@@H]([C@@H](O)C=C[Si](C)(C)C)[C@@H](O)[C@@H](O)[C@H]2O1. The van der Waals surface area contributed by atoms with Crippen LogP contribution in [0.3, 0.4) is 0 Å². The Labute approximate surface area is 134 Å². The summed E-state index contributed by atoms with van der Waals surface area (Å²) in [5, 5.41) is 31.0. The van der Waals surface area contributed by atoms with Crippen LogP contribution in [0.1, 0.15) is 26.2 Å². The summed E-state index contributed by atoms with van der Waals surface area (Å²) in [5.74, 6) is 0. The fourth-order valence-corrected chi connectivity index (χ4v) is 3.86. The van der Waals surface area contributed by atoms with Crippen molar-refractivity contribution in [3.8, 4) is 0 Å². The lowest BCUT2D eigenvalue weighted by Gasteiger charge is -2.47. The van der Waals surface area contributed by atoms with Gasteiger partial charge in [0.2, 0.25) is 0 Å². The lowest BCUT2D eigenvalue weighted by Crippen LogP contribution is -2.63. The summed E-state index contributed by atoms with van der Waals surface area (Å²) in [5.41, 5.74) is 2.02. The second-order valence-electron chi connectivity index (χ2n) is 7.54. The summed E-state index contributed by atoms with van der Waals surface area (Å²) in [6.07, 6.45) is -0.276. The first-order chi connectivity index (χ1) is 10.2. The van der Waals surface area contributed by atoms with Crippen molar-refractivity contribution in [2.45, 2.75) is 88.6 Å². The molecule has 0 radical (unpaired) electrons. The maximum atomic E-state index is 10.4. The topological polar surface area (TPSA) is 79.2 Å². The predicted octanol–water partition coefficient (Wildman–Crippen LogP) is 1.23. The molecule has 3 N–H and O–H groups in total. The molecule has 0 aromatic rings. The number of fused-ring (bicyclic) bond motifs is 1. The van der Waals surface area contributed by atoms with Crippen LogP contribution in [-0.2, 0) is 9.47 Å². The monoisotopic (exact) mass is 330 g/mol. The lowest BCUT2D eigenvalue weighted by molar-refractivity contribution is -0.274. The summed E-state index contributed by atoms with van der Waals surface area (Å²) < 4.78 is 11.7. The minimum Gasteiger partial charge on any atom is -0.387 e. The molecule has 0 spiro atoms. The van der Waals surface area contributed by atoms with E-state index < -0.39 is 38.6 Å². The maximum absolute atomic E-state index is 10.4. The third-order valence-corrected chi connectivity index (χ3v) is 5.62. The van der Waals surface area contributed by atoms with Crippen molar-refractivity contribution in [1.82, 2.24) is 0 Å². The molecule has 7 atom stereocenters. The van der Waals surface area contributed by atoms with Gasteiger partial charge in [0.05, 0.1) is 20.3 Å². The van der Waals surface area contributed by atoms with Gasteiger partial charge in [-0.3, -0.25) is 0 Å². The van der Waals surface area contributed by atoms with E-state index >= 15 is 0 Å². The third kappa shape index (κ3) is 4.18. The molecule has 0 amide bonds. The molecule has 128 valence electrons. The molecule has 6 heteroatoms. The first kappa shape index (κ1) is 18.1. The third-order valence-electron chi connectivity index (χ3n) is 4.43. The summed E-state index contributed by atoms with van der Waals surface area (Å²) in [6.45, 7) is 8.54. The van der Waals surface area contributed by atoms with Crippen molar-refractivity contribution < 1.29 is 24.8 Å². The molecule has 2 rings (SSSR count). The molecule has 2 fully saturated rings. The zero-order chi connectivity index (χ0) is 16.5. The zero-order valence-corrected chi connectivity index (χ0v) is 15.0. The first-order valence-electron chi connectivity index (χ1n) is 8.27. The normalized spacial score (nSPS) is 41.4. The highest BCUT2D eigenvalue weighted by Crippen LogP contribution is 2.33. The van der Waals surface area contributed by atoms with E-state index in [9.17, 15) is 15.3 Å². The Hall–Kier alpha value is -0.243. The number of aliphatic hydroxyl groups is 3. The molecule has 2 aliphatic rings. The van der Waals surface area contributed by atoms with E-state index in [1.54, 1.807) is 6.08 Å². The molecule has 0 aliphatic carbocycles. The van der Waals surface area contributed by atoms with E-state index in [0.29, 0.717) is 0 Å². The van der Waals surface area contributed by atoms with Crippen LogP contribution in [0.25, 0.3) is 0 Å². The van der Waals surface area contributed by atoms with E-state index in [-0.39, 0.29) is 12.2 Å². The number of aliphatic hydroxyl groups excluding tert-OH is 3. The molecule has 2 saturated heterocycles. The molecule has 0 aromatic carbocycles. The van der Waals surface area contributed by atoms with Gasteiger partial charge in [0.15, 0.2) is 0 Å². The van der Waals surface area contributed by atoms with Gasteiger partial charge in [0, 0.05) is 0 Å². The van der Waals surface area contributed by atoms with Gasteiger partial charge in [-0.25, -0.2) is 0 Å². The van der Waals surface area contributed by atoms with Gasteiger partial charge in [-0.05, 0) is 19.3 Å². The van der Waals surface area contributed by atoms with Crippen LogP contribution in [0, 0.1) is 0 Å². The summed E-state index contributed by atoms with van der Waals surface area (Å²) in [4.78, 5) is 0. The van der Waals surface area contributed by atoms with Crippen LogP contribution in [0.15, 0.2) is 11.8 Å². The number of hydrogen-bond donors (Lipinski definition) is 3. The summed E-state index contributed by atoms with van der Waals surface area (Å²) in [6, 6.07) is 0. The van der Waals surface area contributed by atoms with Crippen molar-refractivity contribution in [2.75, 3.05) is 0 Å². The molecule has 5 nitrogen and oxygen atoms in total. The molecule has 0 unspecified atom stereocenters. The maximum Gasteiger partial charge on any atom is 0.116 e. The molecule has 0 aromatic heterocycles. The minimum absolute atomic E-state index is 0.111. The Morgan fingerprint density at radius 1 is 1.14 bits per heavy atom. The van der Waals surface area contributed by atoms with E-state index in [2.05, 4.69) is 19.6 Å². The fourth-order valence-electron chi connectivity index (χ4n) is 3.09. The van der Waals surface area contributed by atoms with Crippen LogP contribution < -0.4 is 0 Å². The molecule has 0 bridgehead atoms. The molecular weight excluding hydrogens is 300 g/mol. The van der Waals surface area contributed by atoms with Crippen molar-refractivity contribution in [1.29, 1.82) is 0 Å². The highest BCUT2D eigenvalue weighted by Gasteiger charge is 2.49. The first-order valence-corrected chi connectivity index (χ1v) is 11.8. The Morgan fingerprint density at radius 2 is 1.82 bits per heavy atom. The van der Waals surface area contributed by atoms with Gasteiger partial charge in [-0.1, -0.05) is 38.3 Å². The Kier molecular flexibility index (Phi) is 5.85. The van der Waals surface area contributed by atoms with Crippen molar-refractivity contribution >= 4 is 8.07 Å². The predicted molar refractivity (Wildman–Crippen MR) is 87.4 cm³/mol. The Bertz CT molecular complexity index is 392. The highest BCUT2D eigenvalue weighted by atomic mass is 28.3. The van der Waals surface area contributed by atoms with Crippen molar-refractivity contribution in [3.63, 3.8) is 0 Å². The zero-order valence-electron chi connectivity index (χ0n) is 14.0. The second kappa shape index (κ2) is 7.11. The number of rotatable bonds is 4. The average molecular weight is 330 g/mol.